The monoisotopic (exact) mass is 294 g/mol. The molecule has 0 saturated carbocycles. The van der Waals surface area contributed by atoms with Gasteiger partial charge in [0.05, 0.1) is 24.7 Å². The Bertz CT molecular complexity index is 222. The summed E-state index contributed by atoms with van der Waals surface area (Å²) < 4.78 is 19.8. The van der Waals surface area contributed by atoms with Crippen LogP contribution in [0.3, 0.4) is 0 Å². The highest BCUT2D eigenvalue weighted by atomic mass is 32.2. The zero-order valence-electron chi connectivity index (χ0n) is 11.5. The summed E-state index contributed by atoms with van der Waals surface area (Å²) >= 11 is 1.17. The normalized spacial score (nSPS) is 10.2. The van der Waals surface area contributed by atoms with Crippen molar-refractivity contribution in [3.05, 3.63) is 0 Å². The molecule has 0 aromatic heterocycles. The predicted octanol–water partition coefficient (Wildman–Crippen LogP) is 0.879. The molecule has 0 aliphatic heterocycles. The van der Waals surface area contributed by atoms with Crippen molar-refractivity contribution in [1.29, 1.82) is 0 Å². The first-order chi connectivity index (χ1) is 9.20. The molecule has 0 atom stereocenters. The summed E-state index contributed by atoms with van der Waals surface area (Å²) in [6.45, 7) is 6.21. The Hall–Kier alpha value is -0.790. The van der Waals surface area contributed by atoms with Gasteiger partial charge in [-0.15, -0.1) is 11.8 Å². The van der Waals surface area contributed by atoms with Gasteiger partial charge in [0, 0.05) is 13.2 Å². The van der Waals surface area contributed by atoms with Gasteiger partial charge in [0.15, 0.2) is 0 Å². The van der Waals surface area contributed by atoms with E-state index in [1.165, 1.54) is 11.8 Å². The number of thioether (sulfide) groups is 1. The highest BCUT2D eigenvalue weighted by Gasteiger charge is 2.07. The molecule has 0 unspecified atom stereocenters. The van der Waals surface area contributed by atoms with Crippen molar-refractivity contribution in [1.82, 2.24) is 0 Å². The Morgan fingerprint density at radius 1 is 0.789 bits per heavy atom. The molecule has 6 nitrogen and oxygen atoms in total. The Morgan fingerprint density at radius 2 is 1.21 bits per heavy atom. The number of carbonyl (C=O) groups excluding carboxylic acids is 2. The first-order valence-electron chi connectivity index (χ1n) is 6.25. The van der Waals surface area contributed by atoms with E-state index in [0.29, 0.717) is 26.4 Å². The van der Waals surface area contributed by atoms with Gasteiger partial charge in [0.2, 0.25) is 0 Å². The SMILES string of the molecule is CCOCCOC(=O)CSCC(=O)OCCOCC. The molecule has 0 aliphatic carbocycles. The Balaban J connectivity index is 3.35. The van der Waals surface area contributed by atoms with Gasteiger partial charge in [0.1, 0.15) is 13.2 Å². The van der Waals surface area contributed by atoms with Gasteiger partial charge in [0.25, 0.3) is 0 Å². The lowest BCUT2D eigenvalue weighted by atomic mass is 10.7. The van der Waals surface area contributed by atoms with Crippen molar-refractivity contribution in [2.24, 2.45) is 0 Å². The molecule has 7 heteroatoms. The highest BCUT2D eigenvalue weighted by molar-refractivity contribution is 8.00. The molecule has 0 rings (SSSR count). The standard InChI is InChI=1S/C12H22O6S/c1-3-15-5-7-17-11(13)9-19-10-12(14)18-8-6-16-4-2/h3-10H2,1-2H3. The average Bonchev–Trinajstić information content (AvgIpc) is 2.40. The zero-order chi connectivity index (χ0) is 14.3. The second-order valence-electron chi connectivity index (χ2n) is 3.33. The van der Waals surface area contributed by atoms with Gasteiger partial charge >= 0.3 is 11.9 Å². The molecule has 0 aromatic carbocycles. The first kappa shape index (κ1) is 18.2. The lowest BCUT2D eigenvalue weighted by Gasteiger charge is -2.05. The van der Waals surface area contributed by atoms with Crippen LogP contribution < -0.4 is 0 Å². The van der Waals surface area contributed by atoms with Crippen LogP contribution in [0.25, 0.3) is 0 Å². The minimum Gasteiger partial charge on any atom is -0.463 e. The molecular formula is C12H22O6S. The van der Waals surface area contributed by atoms with Crippen molar-refractivity contribution in [3.63, 3.8) is 0 Å². The van der Waals surface area contributed by atoms with E-state index in [-0.39, 0.29) is 36.7 Å². The van der Waals surface area contributed by atoms with Crippen molar-refractivity contribution in [2.45, 2.75) is 13.8 Å². The van der Waals surface area contributed by atoms with Crippen LogP contribution >= 0.6 is 11.8 Å². The Kier molecular flexibility index (Phi) is 13.1. The third kappa shape index (κ3) is 13.4. The molecule has 0 N–H and O–H groups in total. The third-order valence-corrected chi connectivity index (χ3v) is 2.71. The van der Waals surface area contributed by atoms with Crippen molar-refractivity contribution in [2.75, 3.05) is 51.1 Å². The lowest BCUT2D eigenvalue weighted by molar-refractivity contribution is -0.142. The van der Waals surface area contributed by atoms with E-state index >= 15 is 0 Å². The fraction of sp³-hybridized carbons (Fsp3) is 0.833. The van der Waals surface area contributed by atoms with Crippen LogP contribution in [0.5, 0.6) is 0 Å². The van der Waals surface area contributed by atoms with E-state index in [2.05, 4.69) is 0 Å². The Labute approximate surface area is 118 Å². The maximum absolute atomic E-state index is 11.2. The van der Waals surface area contributed by atoms with E-state index in [9.17, 15) is 9.59 Å². The number of rotatable bonds is 12. The van der Waals surface area contributed by atoms with Gasteiger partial charge < -0.3 is 18.9 Å². The maximum Gasteiger partial charge on any atom is 0.315 e. The van der Waals surface area contributed by atoms with E-state index in [4.69, 9.17) is 18.9 Å². The molecule has 0 aliphatic rings. The van der Waals surface area contributed by atoms with Crippen LogP contribution in [0.4, 0.5) is 0 Å². The topological polar surface area (TPSA) is 71.1 Å². The number of carbonyl (C=O) groups is 2. The third-order valence-electron chi connectivity index (χ3n) is 1.83. The van der Waals surface area contributed by atoms with Crippen LogP contribution in [0.15, 0.2) is 0 Å². The van der Waals surface area contributed by atoms with Gasteiger partial charge in [-0.2, -0.15) is 0 Å². The molecule has 0 fully saturated rings. The molecule has 0 aromatic rings. The molecule has 0 spiro atoms. The van der Waals surface area contributed by atoms with Crippen LogP contribution in [0.1, 0.15) is 13.8 Å². The van der Waals surface area contributed by atoms with Gasteiger partial charge in [-0.05, 0) is 13.8 Å². The molecule has 19 heavy (non-hydrogen) atoms. The number of hydrogen-bond donors (Lipinski definition) is 0. The van der Waals surface area contributed by atoms with Crippen LogP contribution in [0, 0.1) is 0 Å². The molecule has 0 saturated heterocycles. The average molecular weight is 294 g/mol. The predicted molar refractivity (Wildman–Crippen MR) is 72.2 cm³/mol. The second kappa shape index (κ2) is 13.6. The van der Waals surface area contributed by atoms with Crippen molar-refractivity contribution < 1.29 is 28.5 Å². The largest absolute Gasteiger partial charge is 0.463 e. The van der Waals surface area contributed by atoms with Crippen molar-refractivity contribution >= 4 is 23.7 Å². The summed E-state index contributed by atoms with van der Waals surface area (Å²) in [5.74, 6) is -0.446. The van der Waals surface area contributed by atoms with E-state index in [0.717, 1.165) is 0 Å². The lowest BCUT2D eigenvalue weighted by Crippen LogP contribution is -2.15. The molecular weight excluding hydrogens is 272 g/mol. The van der Waals surface area contributed by atoms with E-state index in [1.54, 1.807) is 0 Å². The fourth-order valence-electron chi connectivity index (χ4n) is 1.02. The van der Waals surface area contributed by atoms with Gasteiger partial charge in [-0.3, -0.25) is 9.59 Å². The smallest absolute Gasteiger partial charge is 0.315 e. The van der Waals surface area contributed by atoms with Crippen molar-refractivity contribution in [3.8, 4) is 0 Å². The summed E-state index contributed by atoms with van der Waals surface area (Å²) in [6, 6.07) is 0. The van der Waals surface area contributed by atoms with E-state index in [1.807, 2.05) is 13.8 Å². The number of esters is 2. The highest BCUT2D eigenvalue weighted by Crippen LogP contribution is 2.01. The first-order valence-corrected chi connectivity index (χ1v) is 7.40. The van der Waals surface area contributed by atoms with Crippen LogP contribution in [-0.4, -0.2) is 63.1 Å². The number of ether oxygens (including phenoxy) is 4. The molecule has 112 valence electrons. The minimum atomic E-state index is -0.355. The van der Waals surface area contributed by atoms with Gasteiger partial charge in [-0.25, -0.2) is 0 Å². The second-order valence-corrected chi connectivity index (χ2v) is 4.31. The fourth-order valence-corrected chi connectivity index (χ4v) is 1.62. The van der Waals surface area contributed by atoms with Gasteiger partial charge in [-0.1, -0.05) is 0 Å². The van der Waals surface area contributed by atoms with Crippen LogP contribution in [0.2, 0.25) is 0 Å². The number of hydrogen-bond acceptors (Lipinski definition) is 7. The Morgan fingerprint density at radius 3 is 1.58 bits per heavy atom. The molecule has 0 bridgehead atoms. The molecule has 0 heterocycles. The quantitative estimate of drug-likeness (QED) is 0.391. The summed E-state index contributed by atoms with van der Waals surface area (Å²) in [5, 5.41) is 0. The van der Waals surface area contributed by atoms with Crippen LogP contribution in [-0.2, 0) is 28.5 Å². The summed E-state index contributed by atoms with van der Waals surface area (Å²) in [7, 11) is 0. The summed E-state index contributed by atoms with van der Waals surface area (Å²) in [4.78, 5) is 22.4. The van der Waals surface area contributed by atoms with E-state index < -0.39 is 0 Å². The minimum absolute atomic E-state index is 0.132. The maximum atomic E-state index is 11.2. The summed E-state index contributed by atoms with van der Waals surface area (Å²) in [5.41, 5.74) is 0. The summed E-state index contributed by atoms with van der Waals surface area (Å²) in [6.07, 6.45) is 0. The molecule has 0 radical (unpaired) electrons. The zero-order valence-corrected chi connectivity index (χ0v) is 12.3. The molecule has 0 amide bonds.